The molecule has 4 heteroatoms. The zero-order valence-corrected chi connectivity index (χ0v) is 24.1. The molecule has 1 saturated carbocycles. The molecule has 1 radical (unpaired) electrons. The molecule has 1 aliphatic carbocycles. The van der Waals surface area contributed by atoms with E-state index in [1.807, 2.05) is 0 Å². The number of hydrogen-bond donors (Lipinski definition) is 0. The van der Waals surface area contributed by atoms with Gasteiger partial charge in [0, 0.05) is 0 Å². The highest BCUT2D eigenvalue weighted by molar-refractivity contribution is 6.74. The molecule has 1 saturated heterocycles. The number of hydrogen-bond acceptors (Lipinski definition) is 1. The third kappa shape index (κ3) is 7.68. The van der Waals surface area contributed by atoms with E-state index < -0.39 is 20.4 Å². The highest BCUT2D eigenvalue weighted by Crippen LogP contribution is 2.45. The van der Waals surface area contributed by atoms with E-state index in [1.165, 1.54) is 70.3 Å². The van der Waals surface area contributed by atoms with E-state index in [0.717, 1.165) is 36.1 Å². The van der Waals surface area contributed by atoms with Gasteiger partial charge in [-0.1, -0.05) is 106 Å². The van der Waals surface area contributed by atoms with Crippen LogP contribution in [0, 0.1) is 29.4 Å². The van der Waals surface area contributed by atoms with Crippen molar-refractivity contribution < 1.29 is 13.5 Å². The topological polar surface area (TPSA) is 9.23 Å². The Balaban J connectivity index is 1.20. The maximum absolute atomic E-state index is 14.4. The molecule has 2 unspecified atom stereocenters. The summed E-state index contributed by atoms with van der Waals surface area (Å²) < 4.78 is 33.6. The van der Waals surface area contributed by atoms with E-state index in [1.54, 1.807) is 24.2 Å². The summed E-state index contributed by atoms with van der Waals surface area (Å²) in [6, 6.07) is 16.2. The predicted molar refractivity (Wildman–Crippen MR) is 153 cm³/mol. The zero-order valence-electron chi connectivity index (χ0n) is 23.1. The van der Waals surface area contributed by atoms with Gasteiger partial charge >= 0.3 is 0 Å². The van der Waals surface area contributed by atoms with Crippen molar-refractivity contribution in [2.45, 2.75) is 109 Å². The molecule has 0 bridgehead atoms. The first-order valence-corrected chi connectivity index (χ1v) is 16.9. The van der Waals surface area contributed by atoms with Crippen LogP contribution in [0.5, 0.6) is 5.75 Å². The molecule has 1 nitrogen and oxygen atoms in total. The molecule has 0 N–H and O–H groups in total. The normalized spacial score (nSPS) is 24.8. The fourth-order valence-electron chi connectivity index (χ4n) is 7.10. The Hall–Kier alpha value is -1.68. The number of benzene rings is 2. The Bertz CT molecular complexity index is 941. The van der Waals surface area contributed by atoms with Crippen LogP contribution >= 0.6 is 0 Å². The molecular formula is C33H47F2OSi. The third-order valence-electron chi connectivity index (χ3n) is 9.21. The van der Waals surface area contributed by atoms with Crippen LogP contribution in [0.1, 0.15) is 96.5 Å². The van der Waals surface area contributed by atoms with E-state index in [2.05, 4.69) is 37.3 Å². The van der Waals surface area contributed by atoms with Crippen molar-refractivity contribution in [2.75, 3.05) is 6.61 Å². The van der Waals surface area contributed by atoms with Crippen molar-refractivity contribution in [1.82, 2.24) is 0 Å². The summed E-state index contributed by atoms with van der Waals surface area (Å²) >= 11 is 0. The van der Waals surface area contributed by atoms with Gasteiger partial charge in [-0.05, 0) is 74.0 Å². The van der Waals surface area contributed by atoms with Crippen molar-refractivity contribution in [2.24, 2.45) is 17.8 Å². The second kappa shape index (κ2) is 14.5. The lowest BCUT2D eigenvalue weighted by atomic mass is 9.72. The highest BCUT2D eigenvalue weighted by atomic mass is 28.3. The Morgan fingerprint density at radius 1 is 0.811 bits per heavy atom. The minimum Gasteiger partial charge on any atom is -0.491 e. The smallest absolute Gasteiger partial charge is 0.200 e. The summed E-state index contributed by atoms with van der Waals surface area (Å²) in [5, 5.41) is 1.67. The van der Waals surface area contributed by atoms with Crippen LogP contribution in [0.3, 0.4) is 0 Å². The van der Waals surface area contributed by atoms with Gasteiger partial charge in [0.15, 0.2) is 11.6 Å². The van der Waals surface area contributed by atoms with Crippen molar-refractivity contribution in [3.05, 3.63) is 59.7 Å². The Kier molecular flexibility index (Phi) is 11.1. The van der Waals surface area contributed by atoms with Crippen molar-refractivity contribution in [1.29, 1.82) is 0 Å². The zero-order chi connectivity index (χ0) is 26.0. The molecule has 2 aliphatic rings. The molecule has 203 valence electrons. The molecule has 0 aromatic heterocycles. The molecule has 2 aromatic rings. The maximum Gasteiger partial charge on any atom is 0.200 e. The Labute approximate surface area is 226 Å². The minimum atomic E-state index is -0.839. The summed E-state index contributed by atoms with van der Waals surface area (Å²) in [4.78, 5) is 0. The van der Waals surface area contributed by atoms with Gasteiger partial charge in [-0.25, -0.2) is 4.39 Å². The molecule has 1 aliphatic heterocycles. The van der Waals surface area contributed by atoms with Gasteiger partial charge in [-0.2, -0.15) is 4.39 Å². The van der Waals surface area contributed by atoms with Gasteiger partial charge in [0.05, 0.1) is 15.4 Å². The number of halogens is 2. The van der Waals surface area contributed by atoms with E-state index in [9.17, 15) is 8.78 Å². The van der Waals surface area contributed by atoms with Crippen LogP contribution < -0.4 is 9.92 Å². The first-order chi connectivity index (χ1) is 18.1. The molecule has 1 heterocycles. The van der Waals surface area contributed by atoms with Crippen LogP contribution in [0.2, 0.25) is 11.6 Å². The SMILES string of the molecule is CCCCC1CC(C2CCC(CCCCc3ccc(OCC)c(F)c3F)CC2)CC[Si]1c1ccccc1. The molecule has 0 spiro atoms. The number of ether oxygens (including phenoxy) is 1. The largest absolute Gasteiger partial charge is 0.491 e. The first kappa shape index (κ1) is 28.3. The summed E-state index contributed by atoms with van der Waals surface area (Å²) in [5.41, 5.74) is 1.44. The predicted octanol–water partition coefficient (Wildman–Crippen LogP) is 9.26. The second-order valence-corrected chi connectivity index (χ2v) is 14.5. The molecule has 2 fully saturated rings. The quantitative estimate of drug-likeness (QED) is 0.198. The van der Waals surface area contributed by atoms with E-state index >= 15 is 0 Å². The van der Waals surface area contributed by atoms with Crippen molar-refractivity contribution in [3.63, 3.8) is 0 Å². The highest BCUT2D eigenvalue weighted by Gasteiger charge is 2.37. The lowest BCUT2D eigenvalue weighted by Crippen LogP contribution is -2.41. The van der Waals surface area contributed by atoms with Crippen LogP contribution in [0.4, 0.5) is 8.78 Å². The van der Waals surface area contributed by atoms with Crippen LogP contribution in [0.15, 0.2) is 42.5 Å². The lowest BCUT2D eigenvalue weighted by molar-refractivity contribution is 0.176. The van der Waals surface area contributed by atoms with E-state index in [4.69, 9.17) is 4.74 Å². The van der Waals surface area contributed by atoms with Crippen LogP contribution in [-0.2, 0) is 6.42 Å². The monoisotopic (exact) mass is 525 g/mol. The third-order valence-corrected chi connectivity index (χ3v) is 12.6. The van der Waals surface area contributed by atoms with Gasteiger partial charge in [0.25, 0.3) is 0 Å². The summed E-state index contributed by atoms with van der Waals surface area (Å²) in [6.45, 7) is 4.46. The minimum absolute atomic E-state index is 0.0208. The van der Waals surface area contributed by atoms with Crippen molar-refractivity contribution >= 4 is 14.0 Å². The van der Waals surface area contributed by atoms with Gasteiger partial charge in [0.1, 0.15) is 0 Å². The van der Waals surface area contributed by atoms with Crippen LogP contribution in [0.25, 0.3) is 0 Å². The molecule has 4 rings (SSSR count). The first-order valence-electron chi connectivity index (χ1n) is 15.1. The molecule has 0 amide bonds. The van der Waals surface area contributed by atoms with Gasteiger partial charge < -0.3 is 4.74 Å². The average Bonchev–Trinajstić information content (AvgIpc) is 2.94. The Morgan fingerprint density at radius 3 is 2.32 bits per heavy atom. The fourth-order valence-corrected chi connectivity index (χ4v) is 10.7. The summed E-state index contributed by atoms with van der Waals surface area (Å²) in [7, 11) is -0.423. The van der Waals surface area contributed by atoms with E-state index in [0.29, 0.717) is 18.6 Å². The second-order valence-electron chi connectivity index (χ2n) is 11.6. The maximum atomic E-state index is 14.4. The molecule has 2 aromatic carbocycles. The van der Waals surface area contributed by atoms with Gasteiger partial charge in [-0.3, -0.25) is 0 Å². The molecule has 37 heavy (non-hydrogen) atoms. The summed E-state index contributed by atoms with van der Waals surface area (Å²) in [6.07, 6.45) is 16.5. The Morgan fingerprint density at radius 2 is 1.59 bits per heavy atom. The van der Waals surface area contributed by atoms with Crippen LogP contribution in [-0.4, -0.2) is 15.4 Å². The van der Waals surface area contributed by atoms with Gasteiger partial charge in [-0.15, -0.1) is 0 Å². The number of aryl methyl sites for hydroxylation is 1. The average molecular weight is 526 g/mol. The van der Waals surface area contributed by atoms with E-state index in [-0.39, 0.29) is 5.75 Å². The lowest BCUT2D eigenvalue weighted by Gasteiger charge is -2.41. The number of rotatable bonds is 12. The molecular weight excluding hydrogens is 478 g/mol. The summed E-state index contributed by atoms with van der Waals surface area (Å²) in [5.74, 6) is 1.15. The molecule has 2 atom stereocenters. The van der Waals surface area contributed by atoms with Crippen molar-refractivity contribution in [3.8, 4) is 5.75 Å². The van der Waals surface area contributed by atoms with Gasteiger partial charge in [0.2, 0.25) is 5.82 Å². The number of unbranched alkanes of at least 4 members (excludes halogenated alkanes) is 2. The fraction of sp³-hybridized carbons (Fsp3) is 0.636. The standard InChI is InChI=1S/C33H47F2OSi/c1-3-5-13-30-24-28(22-23-37(30)29-14-7-6-8-15-29)26-18-16-25(17-19-26)11-9-10-12-27-20-21-31(36-4-2)33(35)32(27)34/h6-8,14-15,20-21,25-26,28,30H,3-5,9-13,16-19,22-24H2,1-2H3.